The zero-order chi connectivity index (χ0) is 30.6. The highest BCUT2D eigenvalue weighted by atomic mass is 16.6. The van der Waals surface area contributed by atoms with E-state index in [1.165, 1.54) is 4.90 Å². The summed E-state index contributed by atoms with van der Waals surface area (Å²) in [4.78, 5) is 54.1. The quantitative estimate of drug-likeness (QED) is 0.238. The van der Waals surface area contributed by atoms with Crippen LogP contribution in [0.5, 0.6) is 0 Å². The lowest BCUT2D eigenvalue weighted by molar-refractivity contribution is -0.142. The molecule has 4 N–H and O–H groups in total. The second-order valence-electron chi connectivity index (χ2n) is 10.9. The number of anilines is 1. The third kappa shape index (κ3) is 10.6. The third-order valence-corrected chi connectivity index (χ3v) is 6.29. The largest absolute Gasteiger partial charge is 0.444 e. The Labute approximate surface area is 243 Å². The number of amides is 4. The molecule has 2 aromatic carbocycles. The maximum atomic E-state index is 14.1. The third-order valence-electron chi connectivity index (χ3n) is 6.29. The van der Waals surface area contributed by atoms with Crippen molar-refractivity contribution >= 4 is 29.5 Å². The highest BCUT2D eigenvalue weighted by Crippen LogP contribution is 2.27. The van der Waals surface area contributed by atoms with Gasteiger partial charge in [-0.3, -0.25) is 14.4 Å². The highest BCUT2D eigenvalue weighted by Gasteiger charge is 2.37. The molecule has 0 spiro atoms. The van der Waals surface area contributed by atoms with E-state index in [-0.39, 0.29) is 6.54 Å². The van der Waals surface area contributed by atoms with Crippen LogP contribution in [0, 0.1) is 19.3 Å². The summed E-state index contributed by atoms with van der Waals surface area (Å²) >= 11 is 0. The van der Waals surface area contributed by atoms with E-state index in [1.54, 1.807) is 57.2 Å². The van der Waals surface area contributed by atoms with Crippen molar-refractivity contribution in [3.63, 3.8) is 0 Å². The molecular formula is C32H42N4O5. The first kappa shape index (κ1) is 32.9. The summed E-state index contributed by atoms with van der Waals surface area (Å²) in [5, 5.41) is 5.45. The molecule has 0 aliphatic carbocycles. The van der Waals surface area contributed by atoms with Crippen LogP contribution in [0.3, 0.4) is 0 Å². The molecule has 220 valence electrons. The predicted octanol–water partition coefficient (Wildman–Crippen LogP) is 4.83. The van der Waals surface area contributed by atoms with Crippen molar-refractivity contribution in [2.24, 2.45) is 5.73 Å². The minimum Gasteiger partial charge on any atom is -0.444 e. The van der Waals surface area contributed by atoms with Crippen LogP contribution in [-0.4, -0.2) is 46.9 Å². The van der Waals surface area contributed by atoms with Crippen LogP contribution in [-0.2, 0) is 19.1 Å². The molecule has 9 nitrogen and oxygen atoms in total. The lowest BCUT2D eigenvalue weighted by Crippen LogP contribution is -2.53. The molecule has 2 atom stereocenters. The first-order chi connectivity index (χ1) is 19.4. The van der Waals surface area contributed by atoms with Gasteiger partial charge < -0.3 is 26.0 Å². The number of carbonyl (C=O) groups excluding carboxylic acids is 4. The number of nitrogens with one attached hydrogen (secondary N) is 2. The Morgan fingerprint density at radius 2 is 1.68 bits per heavy atom. The summed E-state index contributed by atoms with van der Waals surface area (Å²) in [6.45, 7) is 9.19. The molecule has 0 bridgehead atoms. The number of terminal acetylenes is 1. The van der Waals surface area contributed by atoms with E-state index in [0.29, 0.717) is 23.2 Å². The Bertz CT molecular complexity index is 1240. The number of hydrogen-bond donors (Lipinski definition) is 3. The molecule has 0 saturated carbocycles. The number of hydrogen-bond acceptors (Lipinski definition) is 5. The fraction of sp³-hybridized carbons (Fsp3) is 0.438. The number of carbonyl (C=O) groups is 4. The molecule has 0 heterocycles. The molecule has 41 heavy (non-hydrogen) atoms. The molecule has 0 aromatic heterocycles. The average molecular weight is 563 g/mol. The van der Waals surface area contributed by atoms with Gasteiger partial charge in [0.1, 0.15) is 17.7 Å². The van der Waals surface area contributed by atoms with Crippen LogP contribution < -0.4 is 16.4 Å². The fourth-order valence-electron chi connectivity index (χ4n) is 4.28. The van der Waals surface area contributed by atoms with Gasteiger partial charge in [-0.25, -0.2) is 4.79 Å². The van der Waals surface area contributed by atoms with Gasteiger partial charge in [0.15, 0.2) is 0 Å². The number of aryl methyl sites for hydroxylation is 1. The van der Waals surface area contributed by atoms with Crippen LogP contribution in [0.1, 0.15) is 82.5 Å². The van der Waals surface area contributed by atoms with E-state index >= 15 is 0 Å². The van der Waals surface area contributed by atoms with E-state index in [4.69, 9.17) is 16.9 Å². The van der Waals surface area contributed by atoms with Gasteiger partial charge in [0, 0.05) is 17.8 Å². The average Bonchev–Trinajstić information content (AvgIpc) is 2.89. The Hall–Kier alpha value is -4.32. The monoisotopic (exact) mass is 562 g/mol. The summed E-state index contributed by atoms with van der Waals surface area (Å²) in [7, 11) is 0. The van der Waals surface area contributed by atoms with E-state index in [1.807, 2.05) is 19.1 Å². The topological polar surface area (TPSA) is 131 Å². The smallest absolute Gasteiger partial charge is 0.408 e. The number of ether oxygens (including phenoxy) is 1. The van der Waals surface area contributed by atoms with E-state index in [0.717, 1.165) is 24.8 Å². The SMILES string of the molecule is C#Cc1ccc(C(C(=O)Nc2ccccc2C)N(CCCCCC)C(=O)C(CC(N)=O)NC(=O)OC(C)(C)C)cc1. The first-order valence-electron chi connectivity index (χ1n) is 13.9. The molecule has 0 saturated heterocycles. The highest BCUT2D eigenvalue weighted by molar-refractivity contribution is 6.00. The Morgan fingerprint density at radius 1 is 1.02 bits per heavy atom. The number of nitrogens with zero attached hydrogens (tertiary/aromatic N) is 1. The molecule has 0 radical (unpaired) electrons. The van der Waals surface area contributed by atoms with E-state index in [9.17, 15) is 19.2 Å². The van der Waals surface area contributed by atoms with Crippen molar-refractivity contribution in [3.8, 4) is 12.3 Å². The first-order valence-corrected chi connectivity index (χ1v) is 13.9. The van der Waals surface area contributed by atoms with Gasteiger partial charge in [-0.2, -0.15) is 0 Å². The zero-order valence-electron chi connectivity index (χ0n) is 24.7. The molecule has 0 aliphatic rings. The summed E-state index contributed by atoms with van der Waals surface area (Å²) in [5.74, 6) is 0.689. The lowest BCUT2D eigenvalue weighted by atomic mass is 9.99. The second-order valence-corrected chi connectivity index (χ2v) is 10.9. The molecule has 2 aromatic rings. The Kier molecular flexibility index (Phi) is 12.4. The van der Waals surface area contributed by atoms with Crippen LogP contribution in [0.4, 0.5) is 10.5 Å². The van der Waals surface area contributed by atoms with Gasteiger partial charge in [-0.05, 0) is 63.4 Å². The zero-order valence-corrected chi connectivity index (χ0v) is 24.7. The van der Waals surface area contributed by atoms with Crippen molar-refractivity contribution in [1.82, 2.24) is 10.2 Å². The summed E-state index contributed by atoms with van der Waals surface area (Å²) in [5.41, 5.74) is 7.22. The van der Waals surface area contributed by atoms with Crippen molar-refractivity contribution in [2.75, 3.05) is 11.9 Å². The van der Waals surface area contributed by atoms with Crippen molar-refractivity contribution in [2.45, 2.75) is 84.4 Å². The number of para-hydroxylation sites is 1. The summed E-state index contributed by atoms with van der Waals surface area (Å²) < 4.78 is 5.33. The van der Waals surface area contributed by atoms with Crippen LogP contribution >= 0.6 is 0 Å². The van der Waals surface area contributed by atoms with Crippen LogP contribution in [0.2, 0.25) is 0 Å². The van der Waals surface area contributed by atoms with Gasteiger partial charge in [-0.15, -0.1) is 6.42 Å². The minimum absolute atomic E-state index is 0.201. The predicted molar refractivity (Wildman–Crippen MR) is 160 cm³/mol. The minimum atomic E-state index is -1.34. The second kappa shape index (κ2) is 15.5. The fourth-order valence-corrected chi connectivity index (χ4v) is 4.28. The number of benzene rings is 2. The lowest BCUT2D eigenvalue weighted by Gasteiger charge is -2.34. The number of alkyl carbamates (subject to hydrolysis) is 1. The normalized spacial score (nSPS) is 12.4. The molecule has 0 fully saturated rings. The van der Waals surface area contributed by atoms with Gasteiger partial charge in [0.2, 0.25) is 11.8 Å². The van der Waals surface area contributed by atoms with Gasteiger partial charge >= 0.3 is 6.09 Å². The van der Waals surface area contributed by atoms with Crippen molar-refractivity contribution in [1.29, 1.82) is 0 Å². The maximum absolute atomic E-state index is 14.1. The number of primary amides is 1. The summed E-state index contributed by atoms with van der Waals surface area (Å²) in [6, 6.07) is 11.7. The molecular weight excluding hydrogens is 520 g/mol. The standard InChI is InChI=1S/C32H42N4O5/c1-7-9-10-13-20-36(30(39)26(21-27(33)37)35-31(40)41-32(4,5)6)28(24-18-16-23(8-2)17-19-24)29(38)34-25-15-12-11-14-22(25)3/h2,11-12,14-19,26,28H,7,9-10,13,20-21H2,1,3-6H3,(H2,33,37)(H,34,38)(H,35,40). The summed E-state index contributed by atoms with van der Waals surface area (Å²) in [6.07, 6.45) is 7.55. The van der Waals surface area contributed by atoms with Gasteiger partial charge in [0.05, 0.1) is 6.42 Å². The number of nitrogens with two attached hydrogens (primary N) is 1. The van der Waals surface area contributed by atoms with E-state index < -0.39 is 47.9 Å². The van der Waals surface area contributed by atoms with Gasteiger partial charge in [-0.1, -0.05) is 62.4 Å². The maximum Gasteiger partial charge on any atom is 0.408 e. The molecule has 9 heteroatoms. The molecule has 2 unspecified atom stereocenters. The molecule has 4 amide bonds. The Morgan fingerprint density at radius 3 is 2.24 bits per heavy atom. The van der Waals surface area contributed by atoms with Gasteiger partial charge in [0.25, 0.3) is 5.91 Å². The van der Waals surface area contributed by atoms with Crippen molar-refractivity contribution < 1.29 is 23.9 Å². The molecule has 2 rings (SSSR count). The van der Waals surface area contributed by atoms with E-state index in [2.05, 4.69) is 23.5 Å². The Balaban J connectivity index is 2.57. The van der Waals surface area contributed by atoms with Crippen molar-refractivity contribution in [3.05, 3.63) is 65.2 Å². The molecule has 0 aliphatic heterocycles. The number of unbranched alkanes of at least 4 members (excludes halogenated alkanes) is 3. The van der Waals surface area contributed by atoms with Crippen LogP contribution in [0.25, 0.3) is 0 Å². The van der Waals surface area contributed by atoms with Crippen LogP contribution in [0.15, 0.2) is 48.5 Å². The number of rotatable bonds is 13.